The number of benzene rings is 1. The number of isocyanates is 2. The van der Waals surface area contributed by atoms with Gasteiger partial charge in [0, 0.05) is 15.3 Å². The van der Waals surface area contributed by atoms with Crippen molar-refractivity contribution in [2.45, 2.75) is 4.90 Å². The maximum atomic E-state index is 10.4. The summed E-state index contributed by atoms with van der Waals surface area (Å²) in [6.07, 6.45) is 4.73. The normalized spacial score (nSPS) is 25.6. The van der Waals surface area contributed by atoms with E-state index in [-0.39, 0.29) is 0 Å². The van der Waals surface area contributed by atoms with Crippen molar-refractivity contribution in [1.82, 2.24) is 0 Å². The topological polar surface area (TPSA) is 58.9 Å². The zero-order chi connectivity index (χ0) is 10.7. The van der Waals surface area contributed by atoms with Crippen LogP contribution >= 0.6 is 10.4 Å². The summed E-state index contributed by atoms with van der Waals surface area (Å²) < 4.78 is 7.30. The lowest BCUT2D eigenvalue weighted by Gasteiger charge is -2.20. The third-order valence-electron chi connectivity index (χ3n) is 2.03. The van der Waals surface area contributed by atoms with E-state index in [0.717, 1.165) is 10.5 Å². The molecule has 5 heteroatoms. The number of rotatable bonds is 2. The maximum Gasteiger partial charge on any atom is 0.248 e. The molecule has 0 saturated carbocycles. The van der Waals surface area contributed by atoms with Crippen molar-refractivity contribution in [2.75, 3.05) is 0 Å². The smallest absolute Gasteiger partial charge is 0.210 e. The number of fused-ring (bicyclic) bond motifs is 1. The number of hydrogen-bond acceptors (Lipinski definition) is 4. The fraction of sp³-hybridized carbons (Fsp3) is 0. The largest absolute Gasteiger partial charge is 0.248 e. The van der Waals surface area contributed by atoms with Crippen LogP contribution in [0.15, 0.2) is 43.4 Å². The van der Waals surface area contributed by atoms with E-state index in [4.69, 9.17) is 0 Å². The van der Waals surface area contributed by atoms with Crippen molar-refractivity contribution in [3.8, 4) is 0 Å². The van der Waals surface area contributed by atoms with Crippen molar-refractivity contribution in [3.63, 3.8) is 0 Å². The Labute approximate surface area is 87.6 Å². The summed E-state index contributed by atoms with van der Waals surface area (Å²) in [5.74, 6) is 0. The fourth-order valence-electron chi connectivity index (χ4n) is 1.43. The lowest BCUT2D eigenvalue weighted by atomic mass is 10.2. The molecule has 0 aromatic heterocycles. The van der Waals surface area contributed by atoms with E-state index < -0.39 is 10.4 Å². The van der Waals surface area contributed by atoms with Gasteiger partial charge in [0.1, 0.15) is 0 Å². The van der Waals surface area contributed by atoms with E-state index in [2.05, 4.69) is 8.80 Å². The van der Waals surface area contributed by atoms with Crippen molar-refractivity contribution in [2.24, 2.45) is 8.80 Å². The van der Waals surface area contributed by atoms with E-state index in [1.165, 1.54) is 12.2 Å². The minimum Gasteiger partial charge on any atom is -0.210 e. The first-order valence-corrected chi connectivity index (χ1v) is 5.72. The van der Waals surface area contributed by atoms with Crippen LogP contribution < -0.4 is 0 Å². The molecule has 0 radical (unpaired) electrons. The highest BCUT2D eigenvalue weighted by Gasteiger charge is 2.29. The van der Waals surface area contributed by atoms with Crippen LogP contribution in [0.3, 0.4) is 0 Å². The molecule has 0 bridgehead atoms. The molecule has 1 aliphatic rings. The molecule has 4 nitrogen and oxygen atoms in total. The first kappa shape index (κ1) is 9.62. The summed E-state index contributed by atoms with van der Waals surface area (Å²) in [4.78, 5) is 21.5. The van der Waals surface area contributed by atoms with Gasteiger partial charge in [-0.15, -0.1) is 8.80 Å². The van der Waals surface area contributed by atoms with Gasteiger partial charge in [-0.05, 0) is 23.1 Å². The molecule has 74 valence electrons. The zero-order valence-corrected chi connectivity index (χ0v) is 8.40. The molecule has 0 spiro atoms. The first-order valence-electron chi connectivity index (χ1n) is 4.11. The van der Waals surface area contributed by atoms with Gasteiger partial charge in [-0.1, -0.05) is 18.2 Å². The molecule has 1 aromatic rings. The van der Waals surface area contributed by atoms with Gasteiger partial charge < -0.3 is 0 Å². The quantitative estimate of drug-likeness (QED) is 0.565. The van der Waals surface area contributed by atoms with Gasteiger partial charge in [-0.2, -0.15) is 0 Å². The van der Waals surface area contributed by atoms with Crippen molar-refractivity contribution >= 4 is 28.6 Å². The summed E-state index contributed by atoms with van der Waals surface area (Å²) >= 11 is 0. The molecule has 0 amide bonds. The minimum absolute atomic E-state index is 0.775. The molecule has 0 aliphatic carbocycles. The highest BCUT2D eigenvalue weighted by atomic mass is 32.3. The van der Waals surface area contributed by atoms with E-state index in [9.17, 15) is 9.59 Å². The van der Waals surface area contributed by atoms with E-state index >= 15 is 0 Å². The van der Waals surface area contributed by atoms with Crippen LogP contribution in [-0.4, -0.2) is 12.2 Å². The molecule has 0 unspecified atom stereocenters. The van der Waals surface area contributed by atoms with Crippen LogP contribution in [0.4, 0.5) is 0 Å². The van der Waals surface area contributed by atoms with E-state index in [1.54, 1.807) is 17.6 Å². The first-order chi connectivity index (χ1) is 7.32. The van der Waals surface area contributed by atoms with Gasteiger partial charge in [0.2, 0.25) is 12.2 Å². The van der Waals surface area contributed by atoms with Gasteiger partial charge in [-0.25, -0.2) is 9.59 Å². The zero-order valence-electron chi connectivity index (χ0n) is 7.58. The van der Waals surface area contributed by atoms with E-state index in [1.807, 2.05) is 18.2 Å². The highest BCUT2D eigenvalue weighted by molar-refractivity contribution is 8.34. The van der Waals surface area contributed by atoms with Crippen LogP contribution in [0.5, 0.6) is 0 Å². The van der Waals surface area contributed by atoms with Crippen molar-refractivity contribution in [1.29, 1.82) is 0 Å². The predicted octanol–water partition coefficient (Wildman–Crippen LogP) is 2.34. The molecule has 0 N–H and O–H groups in total. The van der Waals surface area contributed by atoms with Gasteiger partial charge in [-0.3, -0.25) is 0 Å². The lowest BCUT2D eigenvalue weighted by molar-refractivity contribution is 0.566. The Hall–Kier alpha value is -1.93. The second kappa shape index (κ2) is 3.67. The Bertz CT molecular complexity index is 508. The highest BCUT2D eigenvalue weighted by Crippen LogP contribution is 2.64. The van der Waals surface area contributed by atoms with Crippen LogP contribution in [0.25, 0.3) is 6.08 Å². The second-order valence-corrected chi connectivity index (χ2v) is 5.06. The summed E-state index contributed by atoms with van der Waals surface area (Å²) in [7, 11) is -2.20. The van der Waals surface area contributed by atoms with Crippen LogP contribution in [0.2, 0.25) is 0 Å². The van der Waals surface area contributed by atoms with Crippen LogP contribution in [0.1, 0.15) is 5.56 Å². The predicted molar refractivity (Wildman–Crippen MR) is 57.6 cm³/mol. The SMILES string of the molecule is O=C=NS1(N=C=O)C=Cc2ccccc21. The Morgan fingerprint density at radius 3 is 2.40 bits per heavy atom. The molecule has 2 rings (SSSR count). The molecule has 0 saturated heterocycles. The van der Waals surface area contributed by atoms with Crippen molar-refractivity contribution < 1.29 is 9.59 Å². The standard InChI is InChI=1S/C10H6N2O2S/c13-7-11-15(12-8-14)6-5-9-3-1-2-4-10(9)15/h1-6H. The maximum absolute atomic E-state index is 10.4. The lowest BCUT2D eigenvalue weighted by Crippen LogP contribution is -1.88. The number of carbonyl (C=O) groups excluding carboxylic acids is 2. The summed E-state index contributed by atoms with van der Waals surface area (Å²) in [6.45, 7) is 0. The van der Waals surface area contributed by atoms with Crippen molar-refractivity contribution in [3.05, 3.63) is 35.2 Å². The van der Waals surface area contributed by atoms with Gasteiger partial charge >= 0.3 is 0 Å². The molecule has 15 heavy (non-hydrogen) atoms. The van der Waals surface area contributed by atoms with Gasteiger partial charge in [0.15, 0.2) is 0 Å². The Morgan fingerprint density at radius 1 is 1.07 bits per heavy atom. The fourth-order valence-corrected chi connectivity index (χ4v) is 3.26. The molecule has 1 aliphatic heterocycles. The Kier molecular flexibility index (Phi) is 2.35. The third kappa shape index (κ3) is 1.45. The number of nitrogens with zero attached hydrogens (tertiary/aromatic N) is 2. The molecular weight excluding hydrogens is 212 g/mol. The Balaban J connectivity index is 2.69. The number of hydrogen-bond donors (Lipinski definition) is 0. The molecule has 0 fully saturated rings. The molecule has 0 atom stereocenters. The van der Waals surface area contributed by atoms with Crippen LogP contribution in [-0.2, 0) is 9.59 Å². The van der Waals surface area contributed by atoms with E-state index in [0.29, 0.717) is 0 Å². The molecular formula is C10H6N2O2S. The van der Waals surface area contributed by atoms with Gasteiger partial charge in [0.25, 0.3) is 0 Å². The Morgan fingerprint density at radius 2 is 1.73 bits per heavy atom. The molecule has 1 heterocycles. The average Bonchev–Trinajstić information content (AvgIpc) is 2.60. The summed E-state index contributed by atoms with van der Waals surface area (Å²) in [5, 5.41) is 1.66. The minimum atomic E-state index is -2.20. The van der Waals surface area contributed by atoms with Gasteiger partial charge in [0.05, 0.1) is 0 Å². The third-order valence-corrected chi connectivity index (χ3v) is 4.27. The summed E-state index contributed by atoms with van der Waals surface area (Å²) in [6, 6.07) is 7.36. The second-order valence-electron chi connectivity index (χ2n) is 2.80. The monoisotopic (exact) mass is 218 g/mol. The van der Waals surface area contributed by atoms with Crippen LogP contribution in [0, 0.1) is 0 Å². The molecule has 1 aromatic carbocycles. The summed E-state index contributed by atoms with van der Waals surface area (Å²) in [5.41, 5.74) is 0.922. The average molecular weight is 218 g/mol.